The summed E-state index contributed by atoms with van der Waals surface area (Å²) in [5, 5.41) is 5.36. The van der Waals surface area contributed by atoms with Crippen molar-refractivity contribution in [1.29, 1.82) is 0 Å². The van der Waals surface area contributed by atoms with Crippen LogP contribution in [0.2, 0.25) is 0 Å². The average Bonchev–Trinajstić information content (AvgIpc) is 4.08. The molecule has 0 amide bonds. The van der Waals surface area contributed by atoms with Gasteiger partial charge in [0.2, 0.25) is 0 Å². The second-order valence-corrected chi connectivity index (χ2v) is 19.0. The van der Waals surface area contributed by atoms with Gasteiger partial charge in [0.25, 0.3) is 0 Å². The molecule has 2 nitrogen and oxygen atoms in total. The first-order valence-corrected chi connectivity index (χ1v) is 22.8. The fourth-order valence-corrected chi connectivity index (χ4v) is 12.6. The molecule has 10 aromatic rings. The van der Waals surface area contributed by atoms with Crippen molar-refractivity contribution in [2.75, 3.05) is 0 Å². The van der Waals surface area contributed by atoms with Crippen molar-refractivity contribution >= 4 is 89.0 Å². The van der Waals surface area contributed by atoms with Crippen LogP contribution in [0.1, 0.15) is 45.4 Å². The number of aryl methyl sites for hydroxylation is 2. The van der Waals surface area contributed by atoms with Crippen LogP contribution < -0.4 is 0 Å². The Morgan fingerprint density at radius 1 is 0.382 bits per heavy atom. The first kappa shape index (κ1) is 34.7. The SMILES string of the molecule is CCCCCCCCn1c2ccccc2c2cc(-c3ccc(-c4ccc(-c5ccc(-c6ccc(-c7ccc8c(c7)c7ccccc7n8C)s6)s5)s4)s3)ccc21. The topological polar surface area (TPSA) is 9.86 Å². The third kappa shape index (κ3) is 6.39. The molecule has 0 saturated heterocycles. The van der Waals surface area contributed by atoms with E-state index in [9.17, 15) is 0 Å². The predicted octanol–water partition coefficient (Wildman–Crippen LogP) is 16.4. The summed E-state index contributed by atoms with van der Waals surface area (Å²) >= 11 is 7.59. The van der Waals surface area contributed by atoms with Gasteiger partial charge in [0.1, 0.15) is 0 Å². The number of fused-ring (bicyclic) bond motifs is 6. The molecule has 0 aliphatic heterocycles. The number of hydrogen-bond donors (Lipinski definition) is 0. The lowest BCUT2D eigenvalue weighted by Gasteiger charge is -2.08. The highest BCUT2D eigenvalue weighted by Crippen LogP contribution is 2.46. The van der Waals surface area contributed by atoms with E-state index in [1.54, 1.807) is 0 Å². The first-order valence-electron chi connectivity index (χ1n) is 19.5. The minimum Gasteiger partial charge on any atom is -0.344 e. The fourth-order valence-electron chi connectivity index (χ4n) is 8.28. The van der Waals surface area contributed by atoms with Crippen molar-refractivity contribution < 1.29 is 0 Å². The number of thiophene rings is 4. The normalized spacial score (nSPS) is 12.0. The van der Waals surface area contributed by atoms with Gasteiger partial charge >= 0.3 is 0 Å². The van der Waals surface area contributed by atoms with Crippen LogP contribution in [0, 0.1) is 0 Å². The van der Waals surface area contributed by atoms with Crippen molar-refractivity contribution in [3.63, 3.8) is 0 Å². The molecule has 0 saturated carbocycles. The Balaban J connectivity index is 0.869. The monoisotopic (exact) mass is 786 g/mol. The molecule has 6 heteroatoms. The Labute approximate surface area is 338 Å². The van der Waals surface area contributed by atoms with E-state index in [-0.39, 0.29) is 0 Å². The van der Waals surface area contributed by atoms with Crippen molar-refractivity contribution in [2.24, 2.45) is 7.05 Å². The zero-order chi connectivity index (χ0) is 36.9. The van der Waals surface area contributed by atoms with Crippen molar-refractivity contribution in [2.45, 2.75) is 52.0 Å². The van der Waals surface area contributed by atoms with Gasteiger partial charge in [-0.05, 0) is 102 Å². The third-order valence-corrected chi connectivity index (χ3v) is 16.2. The van der Waals surface area contributed by atoms with Crippen molar-refractivity contribution in [3.8, 4) is 50.1 Å². The highest BCUT2D eigenvalue weighted by Gasteiger charge is 2.16. The van der Waals surface area contributed by atoms with Crippen molar-refractivity contribution in [1.82, 2.24) is 9.13 Å². The quantitative estimate of drug-likeness (QED) is 0.109. The highest BCUT2D eigenvalue weighted by atomic mass is 32.1. The van der Waals surface area contributed by atoms with E-state index in [1.807, 2.05) is 45.3 Å². The Hall–Kier alpha value is -4.72. The number of benzene rings is 4. The number of nitrogens with zero attached hydrogens (tertiary/aromatic N) is 2. The maximum absolute atomic E-state index is 2.56. The molecule has 0 bridgehead atoms. The maximum Gasteiger partial charge on any atom is 0.0491 e. The fraction of sp³-hybridized carbons (Fsp3) is 0.184. The molecule has 0 N–H and O–H groups in total. The summed E-state index contributed by atoms with van der Waals surface area (Å²) in [6, 6.07) is 50.1. The summed E-state index contributed by atoms with van der Waals surface area (Å²) < 4.78 is 4.85. The van der Waals surface area contributed by atoms with Crippen LogP contribution in [-0.2, 0) is 13.6 Å². The zero-order valence-corrected chi connectivity index (χ0v) is 34.4. The molecule has 272 valence electrons. The number of para-hydroxylation sites is 2. The molecule has 10 rings (SSSR count). The van der Waals surface area contributed by atoms with E-state index in [0.717, 1.165) is 6.54 Å². The van der Waals surface area contributed by atoms with Crippen LogP contribution in [0.3, 0.4) is 0 Å². The zero-order valence-electron chi connectivity index (χ0n) is 31.2. The average molecular weight is 787 g/mol. The summed E-state index contributed by atoms with van der Waals surface area (Å²) in [5.41, 5.74) is 7.85. The van der Waals surface area contributed by atoms with Gasteiger partial charge in [0.15, 0.2) is 0 Å². The minimum absolute atomic E-state index is 1.09. The molecule has 0 spiro atoms. The second-order valence-electron chi connectivity index (χ2n) is 14.6. The van der Waals surface area contributed by atoms with E-state index < -0.39 is 0 Å². The molecule has 4 aromatic carbocycles. The summed E-state index contributed by atoms with van der Waals surface area (Å²) in [6.07, 6.45) is 7.91. The molecule has 55 heavy (non-hydrogen) atoms. The lowest BCUT2D eigenvalue weighted by molar-refractivity contribution is 0.571. The number of aromatic nitrogens is 2. The van der Waals surface area contributed by atoms with Crippen LogP contribution >= 0.6 is 45.3 Å². The molecule has 0 radical (unpaired) electrons. The first-order chi connectivity index (χ1) is 27.1. The molecule has 0 unspecified atom stereocenters. The predicted molar refractivity (Wildman–Crippen MR) is 245 cm³/mol. The number of hydrogen-bond acceptors (Lipinski definition) is 4. The second kappa shape index (κ2) is 14.7. The third-order valence-electron chi connectivity index (χ3n) is 11.1. The van der Waals surface area contributed by atoms with E-state index in [0.29, 0.717) is 0 Å². The molecule has 0 fully saturated rings. The van der Waals surface area contributed by atoms with Crippen LogP contribution in [0.15, 0.2) is 133 Å². The minimum atomic E-state index is 1.09. The number of rotatable bonds is 12. The Morgan fingerprint density at radius 2 is 0.782 bits per heavy atom. The molecule has 6 heterocycles. The Morgan fingerprint density at radius 3 is 1.36 bits per heavy atom. The van der Waals surface area contributed by atoms with Gasteiger partial charge in [-0.1, -0.05) is 87.6 Å². The highest BCUT2D eigenvalue weighted by molar-refractivity contribution is 7.29. The summed E-state index contributed by atoms with van der Waals surface area (Å²) in [7, 11) is 2.16. The van der Waals surface area contributed by atoms with Gasteiger partial charge in [0.05, 0.1) is 0 Å². The van der Waals surface area contributed by atoms with Gasteiger partial charge < -0.3 is 9.13 Å². The lowest BCUT2D eigenvalue weighted by atomic mass is 10.1. The van der Waals surface area contributed by atoms with E-state index in [1.165, 1.54) is 132 Å². The standard InChI is InChI=1S/C49H42N2S4/c1-3-4-5-6-7-12-29-51-40-16-11-9-14-35(40)37-31-33(18-20-41(37)51)43-22-24-45(53-43)47-26-28-49(55-47)48-27-25-46(54-48)44-23-21-42(52-44)32-17-19-39-36(30-32)34-13-8-10-15-38(34)50(39)2/h8-11,13-28,30-31H,3-7,12,29H2,1-2H3. The molecule has 0 aliphatic rings. The summed E-state index contributed by atoms with van der Waals surface area (Å²) in [5.74, 6) is 0. The molecule has 0 atom stereocenters. The number of unbranched alkanes of at least 4 members (excludes halogenated alkanes) is 5. The van der Waals surface area contributed by atoms with Gasteiger partial charge in [-0.25, -0.2) is 0 Å². The van der Waals surface area contributed by atoms with Gasteiger partial charge in [-0.15, -0.1) is 45.3 Å². The van der Waals surface area contributed by atoms with Crippen LogP contribution in [0.25, 0.3) is 93.8 Å². The lowest BCUT2D eigenvalue weighted by Crippen LogP contribution is -1.97. The van der Waals surface area contributed by atoms with Gasteiger partial charge in [-0.3, -0.25) is 0 Å². The summed E-state index contributed by atoms with van der Waals surface area (Å²) in [6.45, 7) is 3.38. The van der Waals surface area contributed by atoms with Crippen LogP contribution in [0.4, 0.5) is 0 Å². The van der Waals surface area contributed by atoms with Crippen LogP contribution in [0.5, 0.6) is 0 Å². The smallest absolute Gasteiger partial charge is 0.0491 e. The Bertz CT molecular complexity index is 2960. The van der Waals surface area contributed by atoms with Crippen LogP contribution in [-0.4, -0.2) is 9.13 Å². The Kier molecular flexibility index (Phi) is 9.31. The molecular weight excluding hydrogens is 745 g/mol. The maximum atomic E-state index is 2.56. The molecular formula is C49H42N2S4. The largest absolute Gasteiger partial charge is 0.344 e. The van der Waals surface area contributed by atoms with Gasteiger partial charge in [0, 0.05) is 96.2 Å². The van der Waals surface area contributed by atoms with E-state index in [4.69, 9.17) is 0 Å². The van der Waals surface area contributed by atoms with E-state index in [2.05, 4.69) is 157 Å². The van der Waals surface area contributed by atoms with Gasteiger partial charge in [-0.2, -0.15) is 0 Å². The molecule has 6 aromatic heterocycles. The molecule has 0 aliphatic carbocycles. The van der Waals surface area contributed by atoms with Crippen molar-refractivity contribution in [3.05, 3.63) is 133 Å². The summed E-state index contributed by atoms with van der Waals surface area (Å²) in [4.78, 5) is 10.6. The van der Waals surface area contributed by atoms with E-state index >= 15 is 0 Å².